The lowest BCUT2D eigenvalue weighted by atomic mass is 10.1. The van der Waals surface area contributed by atoms with Gasteiger partial charge in [-0.3, -0.25) is 0 Å². The standard InChI is InChI=1S/C10H17NO4S2/c1-9(2,3)15-8(13)11-10(7(12)14-4)5-16-17-6-10/h5-6H2,1-4H3,(H,11,13). The van der Waals surface area contributed by atoms with E-state index in [-0.39, 0.29) is 0 Å². The molecule has 0 aromatic heterocycles. The maximum atomic E-state index is 11.7. The lowest BCUT2D eigenvalue weighted by Gasteiger charge is -2.28. The molecule has 1 rings (SSSR count). The predicted octanol–water partition coefficient (Wildman–Crippen LogP) is 1.82. The van der Waals surface area contributed by atoms with E-state index in [0.717, 1.165) is 0 Å². The molecule has 0 bridgehead atoms. The first-order chi connectivity index (χ1) is 7.79. The Morgan fingerprint density at radius 1 is 1.24 bits per heavy atom. The van der Waals surface area contributed by atoms with Crippen molar-refractivity contribution in [2.45, 2.75) is 31.9 Å². The minimum atomic E-state index is -0.966. The summed E-state index contributed by atoms with van der Waals surface area (Å²) in [6.07, 6.45) is -0.592. The van der Waals surface area contributed by atoms with Gasteiger partial charge in [-0.2, -0.15) is 0 Å². The predicted molar refractivity (Wildman–Crippen MR) is 69.0 cm³/mol. The number of carbonyl (C=O) groups is 2. The molecule has 0 aliphatic carbocycles. The average Bonchev–Trinajstić information content (AvgIpc) is 2.63. The van der Waals surface area contributed by atoms with Crippen molar-refractivity contribution >= 4 is 33.7 Å². The molecular weight excluding hydrogens is 262 g/mol. The van der Waals surface area contributed by atoms with E-state index < -0.39 is 23.2 Å². The van der Waals surface area contributed by atoms with Crippen LogP contribution in [0, 0.1) is 0 Å². The highest BCUT2D eigenvalue weighted by molar-refractivity contribution is 8.77. The normalized spacial score (nSPS) is 18.6. The van der Waals surface area contributed by atoms with Gasteiger partial charge >= 0.3 is 12.1 Å². The van der Waals surface area contributed by atoms with Crippen molar-refractivity contribution < 1.29 is 19.1 Å². The zero-order valence-electron chi connectivity index (χ0n) is 10.4. The van der Waals surface area contributed by atoms with Gasteiger partial charge in [-0.25, -0.2) is 9.59 Å². The molecule has 98 valence electrons. The van der Waals surface area contributed by atoms with Crippen molar-refractivity contribution in [3.05, 3.63) is 0 Å². The van der Waals surface area contributed by atoms with Crippen LogP contribution < -0.4 is 5.32 Å². The van der Waals surface area contributed by atoms with Gasteiger partial charge in [0.25, 0.3) is 0 Å². The summed E-state index contributed by atoms with van der Waals surface area (Å²) in [6.45, 7) is 5.32. The number of esters is 1. The molecule has 0 aromatic carbocycles. The molecule has 0 aromatic rings. The molecule has 7 heteroatoms. The molecule has 1 aliphatic heterocycles. The maximum Gasteiger partial charge on any atom is 0.408 e. The van der Waals surface area contributed by atoms with E-state index in [2.05, 4.69) is 5.32 Å². The number of hydrogen-bond donors (Lipinski definition) is 1. The number of rotatable bonds is 2. The van der Waals surface area contributed by atoms with Crippen molar-refractivity contribution in [1.82, 2.24) is 5.32 Å². The van der Waals surface area contributed by atoms with Crippen molar-refractivity contribution in [3.8, 4) is 0 Å². The summed E-state index contributed by atoms with van der Waals surface area (Å²) in [7, 11) is 4.37. The number of ether oxygens (including phenoxy) is 2. The first-order valence-corrected chi connectivity index (χ1v) is 7.62. The quantitative estimate of drug-likeness (QED) is 0.614. The topological polar surface area (TPSA) is 64.6 Å². The van der Waals surface area contributed by atoms with Gasteiger partial charge in [0.2, 0.25) is 0 Å². The van der Waals surface area contributed by atoms with Gasteiger partial charge in [-0.05, 0) is 20.8 Å². The largest absolute Gasteiger partial charge is 0.467 e. The fraction of sp³-hybridized carbons (Fsp3) is 0.800. The Bertz CT molecular complexity index is 308. The van der Waals surface area contributed by atoms with Crippen LogP contribution in [-0.4, -0.2) is 41.8 Å². The molecular formula is C10H17NO4S2. The van der Waals surface area contributed by atoms with Crippen LogP contribution in [-0.2, 0) is 14.3 Å². The molecule has 1 fully saturated rings. The van der Waals surface area contributed by atoms with Gasteiger partial charge in [0, 0.05) is 11.5 Å². The second-order valence-electron chi connectivity index (χ2n) is 4.72. The SMILES string of the molecule is COC(=O)C1(NC(=O)OC(C)(C)C)CSSC1. The maximum absolute atomic E-state index is 11.7. The molecule has 1 saturated heterocycles. The summed E-state index contributed by atoms with van der Waals surface area (Å²) >= 11 is 0. The highest BCUT2D eigenvalue weighted by atomic mass is 33.1. The van der Waals surface area contributed by atoms with Gasteiger partial charge in [-0.15, -0.1) is 0 Å². The molecule has 1 amide bonds. The Morgan fingerprint density at radius 3 is 2.18 bits per heavy atom. The summed E-state index contributed by atoms with van der Waals surface area (Å²) in [5, 5.41) is 2.62. The second kappa shape index (κ2) is 5.39. The van der Waals surface area contributed by atoms with E-state index in [1.165, 1.54) is 28.7 Å². The highest BCUT2D eigenvalue weighted by Crippen LogP contribution is 2.38. The van der Waals surface area contributed by atoms with Gasteiger partial charge in [0.1, 0.15) is 5.60 Å². The Kier molecular flexibility index (Phi) is 4.60. The van der Waals surface area contributed by atoms with Crippen molar-refractivity contribution in [3.63, 3.8) is 0 Å². The molecule has 1 aliphatic rings. The number of alkyl carbamates (subject to hydrolysis) is 1. The molecule has 0 radical (unpaired) electrons. The van der Waals surface area contributed by atoms with Crippen LogP contribution in [0.2, 0.25) is 0 Å². The highest BCUT2D eigenvalue weighted by Gasteiger charge is 2.46. The average molecular weight is 279 g/mol. The summed E-state index contributed by atoms with van der Waals surface area (Å²) in [4.78, 5) is 23.4. The van der Waals surface area contributed by atoms with Crippen LogP contribution in [0.5, 0.6) is 0 Å². The molecule has 0 spiro atoms. The van der Waals surface area contributed by atoms with Crippen LogP contribution in [0.15, 0.2) is 0 Å². The molecule has 0 saturated carbocycles. The smallest absolute Gasteiger partial charge is 0.408 e. The Balaban J connectivity index is 2.68. The third-order valence-corrected chi connectivity index (χ3v) is 4.61. The van der Waals surface area contributed by atoms with Gasteiger partial charge in [0.05, 0.1) is 7.11 Å². The number of hydrogen-bond acceptors (Lipinski definition) is 6. The van der Waals surface area contributed by atoms with Crippen molar-refractivity contribution in [2.75, 3.05) is 18.6 Å². The summed E-state index contributed by atoms with van der Waals surface area (Å²) < 4.78 is 9.88. The minimum absolute atomic E-state index is 0.430. The molecule has 1 heterocycles. The first-order valence-electron chi connectivity index (χ1n) is 5.13. The van der Waals surface area contributed by atoms with E-state index in [1.807, 2.05) is 0 Å². The van der Waals surface area contributed by atoms with E-state index in [4.69, 9.17) is 9.47 Å². The lowest BCUT2D eigenvalue weighted by molar-refractivity contribution is -0.146. The number of amides is 1. The first kappa shape index (κ1) is 14.5. The lowest BCUT2D eigenvalue weighted by Crippen LogP contribution is -2.58. The monoisotopic (exact) mass is 279 g/mol. The van der Waals surface area contributed by atoms with E-state index in [1.54, 1.807) is 20.8 Å². The van der Waals surface area contributed by atoms with E-state index in [0.29, 0.717) is 11.5 Å². The molecule has 5 nitrogen and oxygen atoms in total. The summed E-state index contributed by atoms with van der Waals surface area (Å²) in [6, 6.07) is 0. The summed E-state index contributed by atoms with van der Waals surface area (Å²) in [5.74, 6) is 0.550. The zero-order chi connectivity index (χ0) is 13.1. The van der Waals surface area contributed by atoms with Crippen LogP contribution in [0.4, 0.5) is 4.79 Å². The van der Waals surface area contributed by atoms with Crippen LogP contribution in [0.1, 0.15) is 20.8 Å². The van der Waals surface area contributed by atoms with Crippen molar-refractivity contribution in [2.24, 2.45) is 0 Å². The minimum Gasteiger partial charge on any atom is -0.467 e. The molecule has 0 atom stereocenters. The van der Waals surface area contributed by atoms with E-state index in [9.17, 15) is 9.59 Å². The Hall–Kier alpha value is -0.560. The molecule has 1 N–H and O–H groups in total. The fourth-order valence-corrected chi connectivity index (χ4v) is 4.25. The van der Waals surface area contributed by atoms with Crippen LogP contribution in [0.25, 0.3) is 0 Å². The second-order valence-corrected chi connectivity index (χ2v) is 7.19. The van der Waals surface area contributed by atoms with Crippen molar-refractivity contribution in [1.29, 1.82) is 0 Å². The van der Waals surface area contributed by atoms with E-state index >= 15 is 0 Å². The van der Waals surface area contributed by atoms with Crippen LogP contribution in [0.3, 0.4) is 0 Å². The van der Waals surface area contributed by atoms with Gasteiger partial charge in [-0.1, -0.05) is 21.6 Å². The Morgan fingerprint density at radius 2 is 1.76 bits per heavy atom. The number of carbonyl (C=O) groups excluding carboxylic acids is 2. The fourth-order valence-electron chi connectivity index (χ4n) is 1.26. The third kappa shape index (κ3) is 3.99. The summed E-state index contributed by atoms with van der Waals surface area (Å²) in [5.41, 5.74) is -1.55. The number of methoxy groups -OCH3 is 1. The van der Waals surface area contributed by atoms with Crippen LogP contribution >= 0.6 is 21.6 Å². The zero-order valence-corrected chi connectivity index (χ0v) is 12.0. The Labute approximate surface area is 109 Å². The van der Waals surface area contributed by atoms with Gasteiger partial charge < -0.3 is 14.8 Å². The molecule has 0 unspecified atom stereocenters. The number of nitrogens with one attached hydrogen (secondary N) is 1. The third-order valence-electron chi connectivity index (χ3n) is 2.01. The van der Waals surface area contributed by atoms with Gasteiger partial charge in [0.15, 0.2) is 5.54 Å². The molecule has 17 heavy (non-hydrogen) atoms.